The summed E-state index contributed by atoms with van der Waals surface area (Å²) in [7, 11) is 0. The van der Waals surface area contributed by atoms with E-state index < -0.39 is 0 Å². The van der Waals surface area contributed by atoms with Crippen LogP contribution in [0.2, 0.25) is 0 Å². The van der Waals surface area contributed by atoms with Gasteiger partial charge in [-0.15, -0.1) is 0 Å². The number of hydrogen-bond donors (Lipinski definition) is 1. The SMILES string of the molecule is Cc1ccc(NC(=O)C2CCN(c3cc(-n4ccnc4C)ncn3)CC2)cc1C. The third kappa shape index (κ3) is 4.13. The van der Waals surface area contributed by atoms with Gasteiger partial charge < -0.3 is 10.2 Å². The summed E-state index contributed by atoms with van der Waals surface area (Å²) in [4.78, 5) is 28.0. The van der Waals surface area contributed by atoms with Crippen molar-refractivity contribution in [2.45, 2.75) is 33.6 Å². The van der Waals surface area contributed by atoms with Crippen molar-refractivity contribution in [3.8, 4) is 5.82 Å². The fourth-order valence-electron chi connectivity index (χ4n) is 3.70. The Balaban J connectivity index is 1.38. The molecule has 150 valence electrons. The number of rotatable bonds is 4. The number of amides is 1. The van der Waals surface area contributed by atoms with Crippen LogP contribution in [-0.4, -0.2) is 38.5 Å². The number of hydrogen-bond acceptors (Lipinski definition) is 5. The molecule has 0 bridgehead atoms. The second kappa shape index (κ2) is 8.03. The maximum Gasteiger partial charge on any atom is 0.227 e. The molecular formula is C22H26N6O. The van der Waals surface area contributed by atoms with E-state index in [0.717, 1.165) is 49.1 Å². The van der Waals surface area contributed by atoms with Gasteiger partial charge in [0.1, 0.15) is 23.8 Å². The normalized spacial score (nSPS) is 14.8. The Morgan fingerprint density at radius 3 is 2.45 bits per heavy atom. The van der Waals surface area contributed by atoms with E-state index in [4.69, 9.17) is 0 Å². The highest BCUT2D eigenvalue weighted by Crippen LogP contribution is 2.24. The number of piperidine rings is 1. The summed E-state index contributed by atoms with van der Waals surface area (Å²) < 4.78 is 1.94. The number of imidazole rings is 1. The number of aromatic nitrogens is 4. The summed E-state index contributed by atoms with van der Waals surface area (Å²) in [5.41, 5.74) is 3.29. The first-order valence-corrected chi connectivity index (χ1v) is 9.96. The lowest BCUT2D eigenvalue weighted by Gasteiger charge is -2.32. The van der Waals surface area contributed by atoms with E-state index in [1.54, 1.807) is 12.5 Å². The zero-order valence-corrected chi connectivity index (χ0v) is 17.1. The monoisotopic (exact) mass is 390 g/mol. The van der Waals surface area contributed by atoms with E-state index in [1.807, 2.05) is 42.0 Å². The highest BCUT2D eigenvalue weighted by Gasteiger charge is 2.26. The highest BCUT2D eigenvalue weighted by atomic mass is 16.1. The first-order valence-electron chi connectivity index (χ1n) is 9.96. The van der Waals surface area contributed by atoms with Crippen LogP contribution in [0.3, 0.4) is 0 Å². The van der Waals surface area contributed by atoms with Gasteiger partial charge in [0.2, 0.25) is 5.91 Å². The van der Waals surface area contributed by atoms with Crippen LogP contribution in [0.25, 0.3) is 5.82 Å². The molecule has 1 N–H and O–H groups in total. The number of carbonyl (C=O) groups is 1. The van der Waals surface area contributed by atoms with E-state index in [0.29, 0.717) is 0 Å². The minimum absolute atomic E-state index is 0.0186. The predicted octanol–water partition coefficient (Wildman–Crippen LogP) is 3.44. The summed E-state index contributed by atoms with van der Waals surface area (Å²) in [6, 6.07) is 8.02. The van der Waals surface area contributed by atoms with Crippen LogP contribution in [0.15, 0.2) is 43.0 Å². The molecule has 1 saturated heterocycles. The van der Waals surface area contributed by atoms with Crippen LogP contribution in [0.1, 0.15) is 29.8 Å². The number of nitrogens with zero attached hydrogens (tertiary/aromatic N) is 5. The Morgan fingerprint density at radius 2 is 1.76 bits per heavy atom. The van der Waals surface area contributed by atoms with Gasteiger partial charge in [-0.1, -0.05) is 6.07 Å². The Morgan fingerprint density at radius 1 is 1.00 bits per heavy atom. The minimum Gasteiger partial charge on any atom is -0.356 e. The quantitative estimate of drug-likeness (QED) is 0.738. The van der Waals surface area contributed by atoms with Crippen LogP contribution in [0.4, 0.5) is 11.5 Å². The molecule has 7 nitrogen and oxygen atoms in total. The molecule has 0 spiro atoms. The summed E-state index contributed by atoms with van der Waals surface area (Å²) >= 11 is 0. The van der Waals surface area contributed by atoms with Crippen LogP contribution < -0.4 is 10.2 Å². The molecule has 3 heterocycles. The van der Waals surface area contributed by atoms with Gasteiger partial charge in [-0.05, 0) is 56.9 Å². The molecule has 0 unspecified atom stereocenters. The fraction of sp³-hybridized carbons (Fsp3) is 0.364. The summed E-state index contributed by atoms with van der Waals surface area (Å²) in [5, 5.41) is 3.07. The molecule has 1 aliphatic rings. The fourth-order valence-corrected chi connectivity index (χ4v) is 3.70. The molecular weight excluding hydrogens is 364 g/mol. The third-order valence-electron chi connectivity index (χ3n) is 5.67. The van der Waals surface area contributed by atoms with Gasteiger partial charge in [0, 0.05) is 43.2 Å². The van der Waals surface area contributed by atoms with Gasteiger partial charge in [-0.3, -0.25) is 9.36 Å². The Hall–Kier alpha value is -3.22. The van der Waals surface area contributed by atoms with E-state index >= 15 is 0 Å². The molecule has 0 aliphatic carbocycles. The van der Waals surface area contributed by atoms with E-state index in [2.05, 4.69) is 39.0 Å². The van der Waals surface area contributed by atoms with Gasteiger partial charge in [0.05, 0.1) is 0 Å². The van der Waals surface area contributed by atoms with Crippen LogP contribution in [0, 0.1) is 26.7 Å². The van der Waals surface area contributed by atoms with E-state index in [9.17, 15) is 4.79 Å². The van der Waals surface area contributed by atoms with E-state index in [-0.39, 0.29) is 11.8 Å². The second-order valence-electron chi connectivity index (χ2n) is 7.63. The predicted molar refractivity (Wildman–Crippen MR) is 113 cm³/mol. The van der Waals surface area contributed by atoms with Gasteiger partial charge in [0.15, 0.2) is 0 Å². The third-order valence-corrected chi connectivity index (χ3v) is 5.67. The largest absolute Gasteiger partial charge is 0.356 e. The lowest BCUT2D eigenvalue weighted by molar-refractivity contribution is -0.120. The smallest absolute Gasteiger partial charge is 0.227 e. The molecule has 4 rings (SSSR count). The summed E-state index contributed by atoms with van der Waals surface area (Å²) in [6.07, 6.45) is 6.85. The van der Waals surface area contributed by atoms with E-state index in [1.165, 1.54) is 11.1 Å². The zero-order valence-electron chi connectivity index (χ0n) is 17.1. The van der Waals surface area contributed by atoms with Crippen molar-refractivity contribution in [2.75, 3.05) is 23.3 Å². The highest BCUT2D eigenvalue weighted by molar-refractivity contribution is 5.92. The maximum atomic E-state index is 12.7. The molecule has 2 aromatic heterocycles. The van der Waals surface area contributed by atoms with Crippen molar-refractivity contribution in [1.29, 1.82) is 0 Å². The van der Waals surface area contributed by atoms with Gasteiger partial charge in [-0.25, -0.2) is 15.0 Å². The van der Waals surface area contributed by atoms with Crippen molar-refractivity contribution in [2.24, 2.45) is 5.92 Å². The van der Waals surface area contributed by atoms with Crippen LogP contribution in [-0.2, 0) is 4.79 Å². The average Bonchev–Trinajstić information content (AvgIpc) is 3.17. The topological polar surface area (TPSA) is 75.9 Å². The van der Waals surface area contributed by atoms with Gasteiger partial charge >= 0.3 is 0 Å². The van der Waals surface area contributed by atoms with Crippen molar-refractivity contribution in [3.63, 3.8) is 0 Å². The molecule has 1 aromatic carbocycles. The lowest BCUT2D eigenvalue weighted by Crippen LogP contribution is -2.38. The number of nitrogens with one attached hydrogen (secondary N) is 1. The molecule has 1 fully saturated rings. The van der Waals surface area contributed by atoms with Gasteiger partial charge in [-0.2, -0.15) is 0 Å². The standard InChI is InChI=1S/C22H26N6O/c1-15-4-5-19(12-16(15)2)26-22(29)18-6-9-27(10-7-18)20-13-21(25-14-24-20)28-11-8-23-17(28)3/h4-5,8,11-14,18H,6-7,9-10H2,1-3H3,(H,26,29). The number of benzene rings is 1. The Labute approximate surface area is 170 Å². The van der Waals surface area contributed by atoms with Crippen LogP contribution in [0.5, 0.6) is 0 Å². The number of aryl methyl sites for hydroxylation is 3. The summed E-state index contributed by atoms with van der Waals surface area (Å²) in [5.74, 6) is 2.70. The minimum atomic E-state index is 0.0186. The van der Waals surface area contributed by atoms with Crippen LogP contribution >= 0.6 is 0 Å². The average molecular weight is 390 g/mol. The Bertz CT molecular complexity index is 1020. The molecule has 0 saturated carbocycles. The number of carbonyl (C=O) groups excluding carboxylic acids is 1. The van der Waals surface area contributed by atoms with Crippen molar-refractivity contribution in [3.05, 3.63) is 59.9 Å². The zero-order chi connectivity index (χ0) is 20.4. The second-order valence-corrected chi connectivity index (χ2v) is 7.63. The summed E-state index contributed by atoms with van der Waals surface area (Å²) in [6.45, 7) is 7.67. The maximum absolute atomic E-state index is 12.7. The van der Waals surface area contributed by atoms with Crippen molar-refractivity contribution >= 4 is 17.4 Å². The first kappa shape index (κ1) is 19.1. The van der Waals surface area contributed by atoms with Crippen molar-refractivity contribution in [1.82, 2.24) is 19.5 Å². The van der Waals surface area contributed by atoms with Gasteiger partial charge in [0.25, 0.3) is 0 Å². The van der Waals surface area contributed by atoms with Crippen molar-refractivity contribution < 1.29 is 4.79 Å². The molecule has 1 amide bonds. The molecule has 1 aliphatic heterocycles. The molecule has 0 radical (unpaired) electrons. The first-order chi connectivity index (χ1) is 14.0. The molecule has 3 aromatic rings. The number of anilines is 2. The molecule has 7 heteroatoms. The molecule has 29 heavy (non-hydrogen) atoms. The lowest BCUT2D eigenvalue weighted by atomic mass is 9.95. The molecule has 0 atom stereocenters. The Kier molecular flexibility index (Phi) is 5.29.